The van der Waals surface area contributed by atoms with Gasteiger partial charge in [-0.05, 0) is 0 Å². The molecule has 0 aromatic heterocycles. The molecule has 1 N–H and O–H groups in total. The number of halogens is 11. The van der Waals surface area contributed by atoms with E-state index in [2.05, 4.69) is 0 Å². The van der Waals surface area contributed by atoms with Crippen LogP contribution in [0.3, 0.4) is 0 Å². The van der Waals surface area contributed by atoms with E-state index in [-0.39, 0.29) is 20.3 Å². The Hall–Kier alpha value is -0.263. The summed E-state index contributed by atoms with van der Waals surface area (Å²) in [4.78, 5) is 0. The normalized spacial score (nSPS) is 16.4. The Bertz CT molecular complexity index is 496. The SMILES string of the molecule is O=S(=O)(O)C(F)C(F)(F)C(F)(F)C(F)(F)C(F)(F)C(F)F.[H-].[Li+]. The summed E-state index contributed by atoms with van der Waals surface area (Å²) in [6.07, 6.45) is -5.56. The summed E-state index contributed by atoms with van der Waals surface area (Å²) in [5.74, 6) is -29.3. The van der Waals surface area contributed by atoms with Crippen LogP contribution in [0.1, 0.15) is 1.43 Å². The molecule has 16 heteroatoms. The van der Waals surface area contributed by atoms with Gasteiger partial charge >= 0.3 is 59.1 Å². The van der Waals surface area contributed by atoms with Crippen LogP contribution in [0.5, 0.6) is 0 Å². The van der Waals surface area contributed by atoms with Crippen molar-refractivity contribution < 1.29 is 81.6 Å². The third-order valence-corrected chi connectivity index (χ3v) is 2.87. The van der Waals surface area contributed by atoms with Crippen LogP contribution in [0.2, 0.25) is 0 Å². The summed E-state index contributed by atoms with van der Waals surface area (Å²) in [6.45, 7) is 0. The molecular weight excluding hydrogens is 368 g/mol. The van der Waals surface area contributed by atoms with Gasteiger partial charge in [-0.15, -0.1) is 0 Å². The van der Waals surface area contributed by atoms with Crippen LogP contribution in [0, 0.1) is 0 Å². The van der Waals surface area contributed by atoms with E-state index in [1.165, 1.54) is 0 Å². The fourth-order valence-corrected chi connectivity index (χ4v) is 1.41. The van der Waals surface area contributed by atoms with Crippen LogP contribution in [0.25, 0.3) is 0 Å². The molecule has 0 rings (SSSR count). The quantitative estimate of drug-likeness (QED) is 0.409. The minimum Gasteiger partial charge on any atom is -1.00 e. The van der Waals surface area contributed by atoms with Crippen LogP contribution in [0.4, 0.5) is 48.3 Å². The van der Waals surface area contributed by atoms with Gasteiger partial charge in [0, 0.05) is 0 Å². The predicted octanol–water partition coefficient (Wildman–Crippen LogP) is 0.0926. The molecule has 1 unspecified atom stereocenters. The summed E-state index contributed by atoms with van der Waals surface area (Å²) >= 11 is 0. The zero-order chi connectivity index (χ0) is 17.7. The molecule has 0 radical (unpaired) electrons. The average molecular weight is 372 g/mol. The van der Waals surface area contributed by atoms with E-state index < -0.39 is 45.7 Å². The second kappa shape index (κ2) is 6.33. The fraction of sp³-hybridized carbons (Fsp3) is 1.00. The van der Waals surface area contributed by atoms with Crippen molar-refractivity contribution in [2.75, 3.05) is 0 Å². The summed E-state index contributed by atoms with van der Waals surface area (Å²) in [7, 11) is -6.73. The first-order valence-corrected chi connectivity index (χ1v) is 5.75. The summed E-state index contributed by atoms with van der Waals surface area (Å²) in [5, 5.41) is 0. The van der Waals surface area contributed by atoms with Gasteiger partial charge in [0.15, 0.2) is 0 Å². The molecule has 0 saturated carbocycles. The zero-order valence-corrected chi connectivity index (χ0v) is 10.8. The van der Waals surface area contributed by atoms with Gasteiger partial charge in [-0.3, -0.25) is 4.55 Å². The van der Waals surface area contributed by atoms with Crippen LogP contribution >= 0.6 is 0 Å². The van der Waals surface area contributed by atoms with Crippen LogP contribution < -0.4 is 18.9 Å². The molecule has 0 aromatic rings. The molecule has 0 heterocycles. The molecule has 0 aromatic carbocycles. The van der Waals surface area contributed by atoms with Gasteiger partial charge in [0.05, 0.1) is 0 Å². The van der Waals surface area contributed by atoms with Gasteiger partial charge in [0.2, 0.25) is 0 Å². The van der Waals surface area contributed by atoms with E-state index in [1.54, 1.807) is 0 Å². The Morgan fingerprint density at radius 1 is 0.773 bits per heavy atom. The van der Waals surface area contributed by atoms with E-state index >= 15 is 0 Å². The van der Waals surface area contributed by atoms with Crippen molar-refractivity contribution in [3.05, 3.63) is 0 Å². The predicted molar refractivity (Wildman–Crippen MR) is 43.3 cm³/mol. The van der Waals surface area contributed by atoms with Crippen molar-refractivity contribution in [2.45, 2.75) is 35.6 Å². The van der Waals surface area contributed by atoms with Crippen LogP contribution in [-0.2, 0) is 10.1 Å². The second-order valence-electron chi connectivity index (χ2n) is 3.53. The maximum absolute atomic E-state index is 12.7. The average Bonchev–Trinajstić information content (AvgIpc) is 2.25. The van der Waals surface area contributed by atoms with Gasteiger partial charge < -0.3 is 1.43 Å². The van der Waals surface area contributed by atoms with Crippen LogP contribution in [0.15, 0.2) is 0 Å². The molecule has 1 atom stereocenters. The van der Waals surface area contributed by atoms with Crippen molar-refractivity contribution >= 4 is 10.1 Å². The number of rotatable bonds is 6. The first-order valence-electron chi connectivity index (χ1n) is 4.25. The number of hydrogen-bond acceptors (Lipinski definition) is 2. The Labute approximate surface area is 128 Å². The van der Waals surface area contributed by atoms with Gasteiger partial charge in [0.25, 0.3) is 5.50 Å². The third-order valence-electron chi connectivity index (χ3n) is 2.05. The summed E-state index contributed by atoms with van der Waals surface area (Å²) in [5.41, 5.74) is -5.46. The fourth-order valence-electron chi connectivity index (χ4n) is 0.885. The van der Waals surface area contributed by atoms with Crippen molar-refractivity contribution in [1.82, 2.24) is 0 Å². The Morgan fingerprint density at radius 3 is 1.27 bits per heavy atom. The molecule has 0 spiro atoms. The van der Waals surface area contributed by atoms with E-state index in [4.69, 9.17) is 4.55 Å². The smallest absolute Gasteiger partial charge is 1.00 e. The maximum Gasteiger partial charge on any atom is 1.00 e. The van der Waals surface area contributed by atoms with E-state index in [0.717, 1.165) is 0 Å². The monoisotopic (exact) mass is 372 g/mol. The zero-order valence-electron chi connectivity index (χ0n) is 11.0. The Balaban J connectivity index is -0.00000200. The van der Waals surface area contributed by atoms with Gasteiger partial charge in [-0.25, -0.2) is 13.2 Å². The van der Waals surface area contributed by atoms with Crippen molar-refractivity contribution in [1.29, 1.82) is 0 Å². The van der Waals surface area contributed by atoms with E-state index in [1.807, 2.05) is 0 Å². The molecule has 0 aliphatic heterocycles. The molecule has 0 bridgehead atoms. The first-order chi connectivity index (χ1) is 8.85. The molecule has 0 fully saturated rings. The Morgan fingerprint density at radius 2 is 1.05 bits per heavy atom. The van der Waals surface area contributed by atoms with E-state index in [9.17, 15) is 56.7 Å². The van der Waals surface area contributed by atoms with Gasteiger partial charge in [-0.2, -0.15) is 43.5 Å². The Kier molecular flexibility index (Phi) is 6.90. The third kappa shape index (κ3) is 3.46. The van der Waals surface area contributed by atoms with Crippen molar-refractivity contribution in [2.24, 2.45) is 0 Å². The summed E-state index contributed by atoms with van der Waals surface area (Å²) < 4.78 is 164. The van der Waals surface area contributed by atoms with Gasteiger partial charge in [-0.1, -0.05) is 0 Å². The second-order valence-corrected chi connectivity index (χ2v) is 4.97. The topological polar surface area (TPSA) is 54.4 Å². The number of hydrogen-bond donors (Lipinski definition) is 1. The number of alkyl halides is 11. The minimum absolute atomic E-state index is 0. The minimum atomic E-state index is -7.57. The molecule has 0 aliphatic rings. The molecule has 3 nitrogen and oxygen atoms in total. The molecule has 0 amide bonds. The van der Waals surface area contributed by atoms with Crippen molar-refractivity contribution in [3.8, 4) is 0 Å². The first kappa shape index (κ1) is 24.0. The van der Waals surface area contributed by atoms with Gasteiger partial charge in [0.1, 0.15) is 0 Å². The standard InChI is InChI=1S/C6H3F11O3S.Li.H/c7-1(8)3(10,11)5(14,15)6(16,17)4(12,13)2(9)21(18,19)20;;/h1-2H,(H,18,19,20);;/q;+1;-1. The molecular formula is C6H4F11LiO3S. The summed E-state index contributed by atoms with van der Waals surface area (Å²) in [6, 6.07) is 0. The maximum atomic E-state index is 12.7. The van der Waals surface area contributed by atoms with E-state index in [0.29, 0.717) is 0 Å². The van der Waals surface area contributed by atoms with Crippen molar-refractivity contribution in [3.63, 3.8) is 0 Å². The molecule has 0 saturated heterocycles. The molecule has 130 valence electrons. The molecule has 0 aliphatic carbocycles. The largest absolute Gasteiger partial charge is 1.00 e. The molecule has 22 heavy (non-hydrogen) atoms. The van der Waals surface area contributed by atoms with Crippen LogP contribution in [-0.4, -0.2) is 48.6 Å².